The standard InChI is InChI=1S/C19H18ClN3O3S/c1-3-16(26-15-6-4-5-13(20)11-15)17(24)21-19-23-22-18(27-19)12-7-9-14(25-2)10-8-12/h4-11,16H,3H2,1-2H3,(H,21,23,24)/t16-/m1/s1. The molecule has 0 aliphatic rings. The zero-order valence-corrected chi connectivity index (χ0v) is 16.4. The lowest BCUT2D eigenvalue weighted by atomic mass is 10.2. The quantitative estimate of drug-likeness (QED) is 0.620. The Kier molecular flexibility index (Phi) is 6.26. The summed E-state index contributed by atoms with van der Waals surface area (Å²) >= 11 is 7.25. The van der Waals surface area contributed by atoms with Crippen LogP contribution in [0.4, 0.5) is 5.13 Å². The van der Waals surface area contributed by atoms with E-state index < -0.39 is 6.10 Å². The van der Waals surface area contributed by atoms with Crippen molar-refractivity contribution in [2.24, 2.45) is 0 Å². The van der Waals surface area contributed by atoms with Gasteiger partial charge in [0.25, 0.3) is 5.91 Å². The largest absolute Gasteiger partial charge is 0.497 e. The van der Waals surface area contributed by atoms with Crippen LogP contribution in [-0.2, 0) is 4.79 Å². The SMILES string of the molecule is CC[C@@H](Oc1cccc(Cl)c1)C(=O)Nc1nnc(-c2ccc(OC)cc2)s1. The van der Waals surface area contributed by atoms with Crippen molar-refractivity contribution in [3.8, 4) is 22.1 Å². The highest BCUT2D eigenvalue weighted by Crippen LogP contribution is 2.28. The predicted octanol–water partition coefficient (Wildman–Crippen LogP) is 4.66. The summed E-state index contributed by atoms with van der Waals surface area (Å²) in [6, 6.07) is 14.4. The average molecular weight is 404 g/mol. The number of methoxy groups -OCH3 is 1. The third kappa shape index (κ3) is 4.96. The number of rotatable bonds is 7. The molecule has 1 aromatic heterocycles. The van der Waals surface area contributed by atoms with Crippen LogP contribution in [0.15, 0.2) is 48.5 Å². The minimum absolute atomic E-state index is 0.282. The van der Waals surface area contributed by atoms with Gasteiger partial charge in [-0.1, -0.05) is 35.9 Å². The molecule has 0 bridgehead atoms. The van der Waals surface area contributed by atoms with Crippen LogP contribution in [0.2, 0.25) is 5.02 Å². The summed E-state index contributed by atoms with van der Waals surface area (Å²) in [4.78, 5) is 12.5. The van der Waals surface area contributed by atoms with Gasteiger partial charge in [0.05, 0.1) is 7.11 Å². The lowest BCUT2D eigenvalue weighted by Crippen LogP contribution is -2.32. The van der Waals surface area contributed by atoms with Gasteiger partial charge in [0, 0.05) is 10.6 Å². The number of carbonyl (C=O) groups is 1. The fourth-order valence-electron chi connectivity index (χ4n) is 2.34. The number of aromatic nitrogens is 2. The first-order valence-electron chi connectivity index (χ1n) is 8.30. The number of carbonyl (C=O) groups excluding carboxylic acids is 1. The van der Waals surface area contributed by atoms with Gasteiger partial charge in [0.2, 0.25) is 5.13 Å². The van der Waals surface area contributed by atoms with E-state index in [0.29, 0.717) is 27.3 Å². The Balaban J connectivity index is 1.66. The van der Waals surface area contributed by atoms with Crippen LogP contribution in [0, 0.1) is 0 Å². The van der Waals surface area contributed by atoms with Gasteiger partial charge in [-0.3, -0.25) is 10.1 Å². The van der Waals surface area contributed by atoms with Crippen LogP contribution in [0.1, 0.15) is 13.3 Å². The molecule has 140 valence electrons. The molecule has 0 saturated heterocycles. The Morgan fingerprint density at radius 1 is 1.19 bits per heavy atom. The highest BCUT2D eigenvalue weighted by molar-refractivity contribution is 7.18. The molecule has 0 aliphatic heterocycles. The minimum atomic E-state index is -0.656. The molecule has 1 amide bonds. The number of anilines is 1. The number of nitrogens with zero attached hydrogens (tertiary/aromatic N) is 2. The van der Waals surface area contributed by atoms with Crippen LogP contribution in [0.25, 0.3) is 10.6 Å². The van der Waals surface area contributed by atoms with Crippen LogP contribution >= 0.6 is 22.9 Å². The molecule has 27 heavy (non-hydrogen) atoms. The zero-order chi connectivity index (χ0) is 19.2. The number of ether oxygens (including phenoxy) is 2. The molecule has 0 fully saturated rings. The van der Waals surface area contributed by atoms with E-state index >= 15 is 0 Å². The van der Waals surface area contributed by atoms with Gasteiger partial charge in [-0.05, 0) is 48.9 Å². The van der Waals surface area contributed by atoms with E-state index in [1.165, 1.54) is 11.3 Å². The van der Waals surface area contributed by atoms with E-state index in [1.807, 2.05) is 31.2 Å². The number of nitrogens with one attached hydrogen (secondary N) is 1. The molecule has 1 N–H and O–H groups in total. The van der Waals surface area contributed by atoms with Crippen LogP contribution < -0.4 is 14.8 Å². The van der Waals surface area contributed by atoms with Crippen molar-refractivity contribution in [2.75, 3.05) is 12.4 Å². The van der Waals surface area contributed by atoms with E-state index in [0.717, 1.165) is 11.3 Å². The number of hydrogen-bond donors (Lipinski definition) is 1. The summed E-state index contributed by atoms with van der Waals surface area (Å²) < 4.78 is 10.9. The molecule has 2 aromatic carbocycles. The van der Waals surface area contributed by atoms with Gasteiger partial charge in [0.15, 0.2) is 6.10 Å². The second-order valence-electron chi connectivity index (χ2n) is 5.60. The first-order chi connectivity index (χ1) is 13.1. The van der Waals surface area contributed by atoms with Crippen LogP contribution in [0.3, 0.4) is 0 Å². The maximum Gasteiger partial charge on any atom is 0.267 e. The molecule has 6 nitrogen and oxygen atoms in total. The van der Waals surface area contributed by atoms with Crippen molar-refractivity contribution in [3.05, 3.63) is 53.6 Å². The first-order valence-corrected chi connectivity index (χ1v) is 9.49. The van der Waals surface area contributed by atoms with Gasteiger partial charge in [-0.25, -0.2) is 0 Å². The Morgan fingerprint density at radius 2 is 1.96 bits per heavy atom. The zero-order valence-electron chi connectivity index (χ0n) is 14.8. The fourth-order valence-corrected chi connectivity index (χ4v) is 3.27. The molecule has 8 heteroatoms. The van der Waals surface area contributed by atoms with Gasteiger partial charge >= 0.3 is 0 Å². The summed E-state index contributed by atoms with van der Waals surface area (Å²) in [6.07, 6.45) is -0.153. The third-order valence-corrected chi connectivity index (χ3v) is 4.85. The smallest absolute Gasteiger partial charge is 0.267 e. The minimum Gasteiger partial charge on any atom is -0.497 e. The summed E-state index contributed by atoms with van der Waals surface area (Å²) in [6.45, 7) is 1.87. The molecule has 0 spiro atoms. The highest BCUT2D eigenvalue weighted by atomic mass is 35.5. The lowest BCUT2D eigenvalue weighted by molar-refractivity contribution is -0.122. The van der Waals surface area contributed by atoms with E-state index in [4.69, 9.17) is 21.1 Å². The van der Waals surface area contributed by atoms with Crippen molar-refractivity contribution < 1.29 is 14.3 Å². The van der Waals surface area contributed by atoms with E-state index in [1.54, 1.807) is 31.4 Å². The molecular weight excluding hydrogens is 386 g/mol. The van der Waals surface area contributed by atoms with Gasteiger partial charge in [0.1, 0.15) is 16.5 Å². The van der Waals surface area contributed by atoms with Crippen molar-refractivity contribution in [3.63, 3.8) is 0 Å². The number of halogens is 1. The maximum absolute atomic E-state index is 12.5. The Hall–Kier alpha value is -2.64. The monoisotopic (exact) mass is 403 g/mol. The van der Waals surface area contributed by atoms with Gasteiger partial charge < -0.3 is 9.47 Å². The summed E-state index contributed by atoms with van der Waals surface area (Å²) in [7, 11) is 1.61. The van der Waals surface area contributed by atoms with Crippen molar-refractivity contribution in [1.29, 1.82) is 0 Å². The molecule has 0 aliphatic carbocycles. The van der Waals surface area contributed by atoms with Crippen LogP contribution in [0.5, 0.6) is 11.5 Å². The van der Waals surface area contributed by atoms with Crippen molar-refractivity contribution >= 4 is 34.0 Å². The summed E-state index contributed by atoms with van der Waals surface area (Å²) in [5, 5.41) is 12.6. The van der Waals surface area contributed by atoms with E-state index in [-0.39, 0.29) is 5.91 Å². The summed E-state index contributed by atoms with van der Waals surface area (Å²) in [5.74, 6) is 1.02. The molecule has 0 unspecified atom stereocenters. The number of benzene rings is 2. The average Bonchev–Trinajstić information content (AvgIpc) is 3.14. The topological polar surface area (TPSA) is 73.3 Å². The second-order valence-corrected chi connectivity index (χ2v) is 7.02. The molecule has 3 rings (SSSR count). The van der Waals surface area contributed by atoms with Crippen molar-refractivity contribution in [2.45, 2.75) is 19.4 Å². The van der Waals surface area contributed by atoms with Gasteiger partial charge in [-0.15, -0.1) is 10.2 Å². The van der Waals surface area contributed by atoms with Crippen LogP contribution in [-0.4, -0.2) is 29.3 Å². The summed E-state index contributed by atoms with van der Waals surface area (Å²) in [5.41, 5.74) is 0.899. The Morgan fingerprint density at radius 3 is 2.63 bits per heavy atom. The highest BCUT2D eigenvalue weighted by Gasteiger charge is 2.20. The molecule has 0 saturated carbocycles. The number of amides is 1. The molecular formula is C19H18ClN3O3S. The molecule has 3 aromatic rings. The normalized spacial score (nSPS) is 11.7. The van der Waals surface area contributed by atoms with Gasteiger partial charge in [-0.2, -0.15) is 0 Å². The third-order valence-electron chi connectivity index (χ3n) is 3.73. The fraction of sp³-hybridized carbons (Fsp3) is 0.211. The molecule has 0 radical (unpaired) electrons. The molecule has 1 heterocycles. The maximum atomic E-state index is 12.5. The second kappa shape index (κ2) is 8.83. The van der Waals surface area contributed by atoms with Crippen molar-refractivity contribution in [1.82, 2.24) is 10.2 Å². The van der Waals surface area contributed by atoms with E-state index in [9.17, 15) is 4.79 Å². The van der Waals surface area contributed by atoms with E-state index in [2.05, 4.69) is 15.5 Å². The predicted molar refractivity (Wildman–Crippen MR) is 107 cm³/mol. The molecule has 1 atom stereocenters. The Labute approximate surface area is 166 Å². The number of hydrogen-bond acceptors (Lipinski definition) is 6. The first kappa shape index (κ1) is 19.1. The Bertz CT molecular complexity index is 915. The lowest BCUT2D eigenvalue weighted by Gasteiger charge is -2.16.